The van der Waals surface area contributed by atoms with Gasteiger partial charge in [-0.05, 0) is 38.2 Å². The number of hydrogen-bond donors (Lipinski definition) is 1. The van der Waals surface area contributed by atoms with Crippen LogP contribution >= 0.6 is 11.3 Å². The molecule has 132 valence electrons. The van der Waals surface area contributed by atoms with Crippen LogP contribution < -0.4 is 5.32 Å². The van der Waals surface area contributed by atoms with Gasteiger partial charge in [0.1, 0.15) is 5.01 Å². The van der Waals surface area contributed by atoms with E-state index in [0.29, 0.717) is 23.9 Å². The lowest BCUT2D eigenvalue weighted by molar-refractivity contribution is -0.116. The molecule has 0 fully saturated rings. The highest BCUT2D eigenvalue weighted by Crippen LogP contribution is 2.19. The van der Waals surface area contributed by atoms with Gasteiger partial charge in [-0.2, -0.15) is 5.10 Å². The minimum atomic E-state index is -0.0235. The lowest BCUT2D eigenvalue weighted by atomic mass is 10.1. The number of aryl methyl sites for hydroxylation is 2. The third kappa shape index (κ3) is 4.87. The van der Waals surface area contributed by atoms with Gasteiger partial charge in [0, 0.05) is 25.1 Å². The Labute approximate surface area is 147 Å². The van der Waals surface area contributed by atoms with Gasteiger partial charge < -0.3 is 5.32 Å². The van der Waals surface area contributed by atoms with Gasteiger partial charge in [-0.15, -0.1) is 10.2 Å². The van der Waals surface area contributed by atoms with Gasteiger partial charge in [-0.1, -0.05) is 32.1 Å². The van der Waals surface area contributed by atoms with E-state index in [1.807, 2.05) is 6.92 Å². The topological polar surface area (TPSA) is 72.7 Å². The minimum Gasteiger partial charge on any atom is -0.301 e. The first-order chi connectivity index (χ1) is 11.4. The molecule has 1 amide bonds. The van der Waals surface area contributed by atoms with Crippen molar-refractivity contribution in [3.8, 4) is 0 Å². The molecule has 0 saturated carbocycles. The quantitative estimate of drug-likeness (QED) is 0.791. The second kappa shape index (κ2) is 8.37. The molecule has 2 heterocycles. The van der Waals surface area contributed by atoms with Crippen LogP contribution in [0.5, 0.6) is 0 Å². The fraction of sp³-hybridized carbons (Fsp3) is 0.647. The van der Waals surface area contributed by atoms with Crippen LogP contribution in [0.4, 0.5) is 5.13 Å². The van der Waals surface area contributed by atoms with Gasteiger partial charge in [0.2, 0.25) is 11.0 Å². The number of aromatic nitrogens is 4. The normalized spacial score (nSPS) is 11.2. The highest BCUT2D eigenvalue weighted by Gasteiger charge is 2.14. The fourth-order valence-electron chi connectivity index (χ4n) is 2.66. The zero-order valence-electron chi connectivity index (χ0n) is 15.2. The Morgan fingerprint density at radius 3 is 2.67 bits per heavy atom. The molecule has 0 aliphatic rings. The summed E-state index contributed by atoms with van der Waals surface area (Å²) in [5.41, 5.74) is 3.35. The van der Waals surface area contributed by atoms with Crippen molar-refractivity contribution in [2.75, 3.05) is 5.32 Å². The molecule has 6 nitrogen and oxygen atoms in total. The average molecular weight is 350 g/mol. The van der Waals surface area contributed by atoms with Gasteiger partial charge in [0.25, 0.3) is 0 Å². The summed E-state index contributed by atoms with van der Waals surface area (Å²) >= 11 is 1.45. The maximum absolute atomic E-state index is 12.2. The van der Waals surface area contributed by atoms with Crippen molar-refractivity contribution < 1.29 is 4.79 Å². The lowest BCUT2D eigenvalue weighted by Crippen LogP contribution is -2.13. The van der Waals surface area contributed by atoms with Crippen LogP contribution in [-0.4, -0.2) is 25.9 Å². The minimum absolute atomic E-state index is 0.0235. The second-order valence-electron chi connectivity index (χ2n) is 6.52. The number of anilines is 1. The van der Waals surface area contributed by atoms with Crippen LogP contribution in [0.2, 0.25) is 0 Å². The molecule has 0 saturated heterocycles. The predicted octanol–water partition coefficient (Wildman–Crippen LogP) is 3.53. The highest BCUT2D eigenvalue weighted by molar-refractivity contribution is 7.15. The molecule has 7 heteroatoms. The van der Waals surface area contributed by atoms with Crippen molar-refractivity contribution in [1.29, 1.82) is 0 Å². The van der Waals surface area contributed by atoms with Crippen LogP contribution in [0.15, 0.2) is 0 Å². The summed E-state index contributed by atoms with van der Waals surface area (Å²) in [4.78, 5) is 12.2. The summed E-state index contributed by atoms with van der Waals surface area (Å²) in [5.74, 6) is 0.526. The molecule has 2 aromatic heterocycles. The number of rotatable bonds is 8. The SMILES string of the molecule is CCCc1nnc(NC(=O)CCc2c(C)nn(CC(C)C)c2C)s1. The monoisotopic (exact) mass is 349 g/mol. The van der Waals surface area contributed by atoms with E-state index in [2.05, 4.69) is 53.0 Å². The fourth-order valence-corrected chi connectivity index (χ4v) is 3.52. The molecule has 0 spiro atoms. The molecule has 2 rings (SSSR count). The maximum atomic E-state index is 12.2. The number of nitrogens with zero attached hydrogens (tertiary/aromatic N) is 4. The summed E-state index contributed by atoms with van der Waals surface area (Å²) in [6, 6.07) is 0. The molecular weight excluding hydrogens is 322 g/mol. The van der Waals surface area contributed by atoms with Gasteiger partial charge in [0.05, 0.1) is 5.69 Å². The molecule has 0 aliphatic carbocycles. The molecular formula is C17H27N5OS. The summed E-state index contributed by atoms with van der Waals surface area (Å²) < 4.78 is 2.05. The van der Waals surface area contributed by atoms with Crippen LogP contribution in [0.1, 0.15) is 55.6 Å². The molecule has 0 radical (unpaired) electrons. The van der Waals surface area contributed by atoms with Gasteiger partial charge in [0.15, 0.2) is 0 Å². The third-order valence-corrected chi connectivity index (χ3v) is 4.75. The smallest absolute Gasteiger partial charge is 0.226 e. The van der Waals surface area contributed by atoms with E-state index in [9.17, 15) is 4.79 Å². The molecule has 0 atom stereocenters. The molecule has 0 unspecified atom stereocenters. The first kappa shape index (κ1) is 18.6. The highest BCUT2D eigenvalue weighted by atomic mass is 32.1. The Bertz CT molecular complexity index is 689. The first-order valence-electron chi connectivity index (χ1n) is 8.55. The van der Waals surface area contributed by atoms with E-state index >= 15 is 0 Å². The number of carbonyl (C=O) groups excluding carboxylic acids is 1. The van der Waals surface area contributed by atoms with Crippen LogP contribution in [-0.2, 0) is 24.2 Å². The Kier molecular flexibility index (Phi) is 6.48. The molecule has 24 heavy (non-hydrogen) atoms. The van der Waals surface area contributed by atoms with E-state index < -0.39 is 0 Å². The number of carbonyl (C=O) groups is 1. The summed E-state index contributed by atoms with van der Waals surface area (Å²) in [5, 5.41) is 17.1. The van der Waals surface area contributed by atoms with Crippen molar-refractivity contribution >= 4 is 22.4 Å². The molecule has 0 bridgehead atoms. The van der Waals surface area contributed by atoms with Crippen molar-refractivity contribution in [1.82, 2.24) is 20.0 Å². The average Bonchev–Trinajstić information content (AvgIpc) is 3.03. The number of amides is 1. The second-order valence-corrected chi connectivity index (χ2v) is 7.59. The molecule has 2 aromatic rings. The third-order valence-electron chi connectivity index (χ3n) is 3.85. The number of hydrogen-bond acceptors (Lipinski definition) is 5. The lowest BCUT2D eigenvalue weighted by Gasteiger charge is -2.08. The van der Waals surface area contributed by atoms with Crippen molar-refractivity contribution in [2.24, 2.45) is 5.92 Å². The predicted molar refractivity (Wildman–Crippen MR) is 97.4 cm³/mol. The molecule has 0 aliphatic heterocycles. The summed E-state index contributed by atoms with van der Waals surface area (Å²) in [6.07, 6.45) is 3.06. The van der Waals surface area contributed by atoms with Crippen LogP contribution in [0.25, 0.3) is 0 Å². The Balaban J connectivity index is 1.92. The largest absolute Gasteiger partial charge is 0.301 e. The zero-order chi connectivity index (χ0) is 17.7. The number of nitrogens with one attached hydrogen (secondary N) is 1. The standard InChI is InChI=1S/C17H27N5OS/c1-6-7-16-19-20-17(24-16)18-15(23)9-8-14-12(4)21-22(13(14)5)10-11(2)3/h11H,6-10H2,1-5H3,(H,18,20,23). The van der Waals surface area contributed by atoms with E-state index in [1.165, 1.54) is 16.9 Å². The van der Waals surface area contributed by atoms with Crippen LogP contribution in [0.3, 0.4) is 0 Å². The first-order valence-corrected chi connectivity index (χ1v) is 9.37. The Morgan fingerprint density at radius 1 is 1.25 bits per heavy atom. The van der Waals surface area contributed by atoms with Crippen molar-refractivity contribution in [2.45, 2.75) is 66.8 Å². The maximum Gasteiger partial charge on any atom is 0.226 e. The van der Waals surface area contributed by atoms with E-state index in [0.717, 1.165) is 35.8 Å². The van der Waals surface area contributed by atoms with E-state index in [-0.39, 0.29) is 5.91 Å². The van der Waals surface area contributed by atoms with Crippen molar-refractivity contribution in [3.05, 3.63) is 22.0 Å². The van der Waals surface area contributed by atoms with E-state index in [4.69, 9.17) is 0 Å². The van der Waals surface area contributed by atoms with Gasteiger partial charge in [-0.25, -0.2) is 0 Å². The molecule has 0 aromatic carbocycles. The summed E-state index contributed by atoms with van der Waals surface area (Å²) in [7, 11) is 0. The Morgan fingerprint density at radius 2 is 2.00 bits per heavy atom. The van der Waals surface area contributed by atoms with Crippen LogP contribution in [0, 0.1) is 19.8 Å². The van der Waals surface area contributed by atoms with Gasteiger partial charge in [-0.3, -0.25) is 9.48 Å². The van der Waals surface area contributed by atoms with E-state index in [1.54, 1.807) is 0 Å². The van der Waals surface area contributed by atoms with Crippen molar-refractivity contribution in [3.63, 3.8) is 0 Å². The Hall–Kier alpha value is -1.76. The zero-order valence-corrected chi connectivity index (χ0v) is 16.0. The van der Waals surface area contributed by atoms with Gasteiger partial charge >= 0.3 is 0 Å². The summed E-state index contributed by atoms with van der Waals surface area (Å²) in [6.45, 7) is 11.5. The molecule has 1 N–H and O–H groups in total.